The van der Waals surface area contributed by atoms with Gasteiger partial charge < -0.3 is 9.84 Å². The monoisotopic (exact) mass is 207 g/mol. The average molecular weight is 207 g/mol. The first-order valence-electron chi connectivity index (χ1n) is 4.36. The van der Waals surface area contributed by atoms with Crippen molar-refractivity contribution in [2.75, 3.05) is 0 Å². The molecule has 1 fully saturated rings. The molecule has 0 radical (unpaired) electrons. The SMILES string of the molecule is CC1(c2ccc(O)cc2)OC(=O)NC1=O. The van der Waals surface area contributed by atoms with Crippen LogP contribution in [-0.2, 0) is 15.1 Å². The van der Waals surface area contributed by atoms with Crippen molar-refractivity contribution < 1.29 is 19.4 Å². The molecule has 5 nitrogen and oxygen atoms in total. The van der Waals surface area contributed by atoms with Crippen molar-refractivity contribution in [2.45, 2.75) is 12.5 Å². The summed E-state index contributed by atoms with van der Waals surface area (Å²) in [6.45, 7) is 1.50. The first kappa shape index (κ1) is 9.51. The predicted molar refractivity (Wildman–Crippen MR) is 50.1 cm³/mol. The Bertz CT molecular complexity index is 426. The number of hydrogen-bond donors (Lipinski definition) is 2. The van der Waals surface area contributed by atoms with E-state index in [-0.39, 0.29) is 5.75 Å². The molecule has 1 saturated heterocycles. The molecular formula is C10H9NO4. The van der Waals surface area contributed by atoms with E-state index < -0.39 is 17.6 Å². The van der Waals surface area contributed by atoms with Crippen molar-refractivity contribution in [1.82, 2.24) is 5.32 Å². The Kier molecular flexibility index (Phi) is 1.89. The van der Waals surface area contributed by atoms with Crippen molar-refractivity contribution in [2.24, 2.45) is 0 Å². The summed E-state index contributed by atoms with van der Waals surface area (Å²) in [5.74, 6) is -0.412. The molecule has 5 heteroatoms. The minimum Gasteiger partial charge on any atom is -0.508 e. The lowest BCUT2D eigenvalue weighted by Crippen LogP contribution is -2.33. The zero-order valence-corrected chi connectivity index (χ0v) is 7.98. The molecule has 1 aromatic rings. The van der Waals surface area contributed by atoms with Gasteiger partial charge in [0.25, 0.3) is 5.91 Å². The molecule has 0 spiro atoms. The van der Waals surface area contributed by atoms with Crippen molar-refractivity contribution in [3.8, 4) is 5.75 Å². The van der Waals surface area contributed by atoms with Gasteiger partial charge in [-0.25, -0.2) is 4.79 Å². The summed E-state index contributed by atoms with van der Waals surface area (Å²) in [5, 5.41) is 11.2. The second-order valence-corrected chi connectivity index (χ2v) is 3.42. The standard InChI is InChI=1S/C10H9NO4/c1-10(8(13)11-9(14)15-10)6-2-4-7(12)5-3-6/h2-5,12H,1H3,(H,11,13,14). The van der Waals surface area contributed by atoms with Crippen molar-refractivity contribution >= 4 is 12.0 Å². The summed E-state index contributed by atoms with van der Waals surface area (Å²) < 4.78 is 4.91. The molecule has 1 unspecified atom stereocenters. The third-order valence-corrected chi connectivity index (χ3v) is 2.36. The first-order valence-corrected chi connectivity index (χ1v) is 4.36. The number of benzene rings is 1. The van der Waals surface area contributed by atoms with Crippen LogP contribution in [0.25, 0.3) is 0 Å². The number of carbonyl (C=O) groups excluding carboxylic acids is 2. The Morgan fingerprint density at radius 1 is 1.27 bits per heavy atom. The first-order chi connectivity index (χ1) is 7.02. The molecular weight excluding hydrogens is 198 g/mol. The Balaban J connectivity index is 2.41. The molecule has 1 heterocycles. The minimum atomic E-state index is -1.30. The van der Waals surface area contributed by atoms with E-state index in [0.717, 1.165) is 0 Å². The van der Waals surface area contributed by atoms with Gasteiger partial charge in [-0.15, -0.1) is 0 Å². The van der Waals surface area contributed by atoms with Crippen LogP contribution in [0.4, 0.5) is 4.79 Å². The molecule has 1 aliphatic heterocycles. The van der Waals surface area contributed by atoms with Gasteiger partial charge in [0, 0.05) is 5.56 Å². The van der Waals surface area contributed by atoms with E-state index in [4.69, 9.17) is 9.84 Å². The highest BCUT2D eigenvalue weighted by Crippen LogP contribution is 2.30. The van der Waals surface area contributed by atoms with Gasteiger partial charge in [-0.05, 0) is 19.1 Å². The maximum atomic E-state index is 11.5. The summed E-state index contributed by atoms with van der Waals surface area (Å²) in [5.41, 5.74) is -0.784. The Labute approximate surface area is 85.7 Å². The van der Waals surface area contributed by atoms with Gasteiger partial charge in [0.1, 0.15) is 5.75 Å². The fourth-order valence-corrected chi connectivity index (χ4v) is 1.44. The Morgan fingerprint density at radius 3 is 2.33 bits per heavy atom. The van der Waals surface area contributed by atoms with E-state index in [1.165, 1.54) is 31.2 Å². The van der Waals surface area contributed by atoms with Gasteiger partial charge >= 0.3 is 6.09 Å². The number of aromatic hydroxyl groups is 1. The number of phenols is 1. The lowest BCUT2D eigenvalue weighted by Gasteiger charge is -2.19. The molecule has 1 aliphatic rings. The molecule has 15 heavy (non-hydrogen) atoms. The Morgan fingerprint density at radius 2 is 1.87 bits per heavy atom. The zero-order chi connectivity index (χ0) is 11.1. The summed E-state index contributed by atoms with van der Waals surface area (Å²) in [6.07, 6.45) is -0.754. The third-order valence-electron chi connectivity index (χ3n) is 2.36. The maximum absolute atomic E-state index is 11.5. The minimum absolute atomic E-state index is 0.0899. The van der Waals surface area contributed by atoms with Gasteiger partial charge in [-0.3, -0.25) is 10.1 Å². The number of imide groups is 1. The van der Waals surface area contributed by atoms with Crippen molar-refractivity contribution in [1.29, 1.82) is 0 Å². The number of ether oxygens (including phenoxy) is 1. The van der Waals surface area contributed by atoms with E-state index in [0.29, 0.717) is 5.56 Å². The van der Waals surface area contributed by atoms with E-state index >= 15 is 0 Å². The number of amides is 2. The Hall–Kier alpha value is -2.04. The van der Waals surface area contributed by atoms with E-state index in [9.17, 15) is 9.59 Å². The largest absolute Gasteiger partial charge is 0.508 e. The molecule has 2 amide bonds. The topological polar surface area (TPSA) is 75.6 Å². The molecule has 2 N–H and O–H groups in total. The molecule has 1 atom stereocenters. The van der Waals surface area contributed by atoms with E-state index in [2.05, 4.69) is 5.32 Å². The highest BCUT2D eigenvalue weighted by Gasteiger charge is 2.46. The molecule has 1 aromatic carbocycles. The summed E-state index contributed by atoms with van der Waals surface area (Å²) in [6, 6.07) is 5.93. The highest BCUT2D eigenvalue weighted by molar-refractivity contribution is 6.03. The average Bonchev–Trinajstić information content (AvgIpc) is 2.42. The number of cyclic esters (lactones) is 1. The number of carbonyl (C=O) groups is 2. The summed E-state index contributed by atoms with van der Waals surface area (Å²) in [4.78, 5) is 22.4. The number of nitrogens with one attached hydrogen (secondary N) is 1. The summed E-state index contributed by atoms with van der Waals surface area (Å²) >= 11 is 0. The second kappa shape index (κ2) is 2.98. The van der Waals surface area contributed by atoms with E-state index in [1.54, 1.807) is 0 Å². The lowest BCUT2D eigenvalue weighted by molar-refractivity contribution is -0.130. The molecule has 0 aliphatic carbocycles. The number of alkyl carbamates (subject to hydrolysis) is 1. The number of phenolic OH excluding ortho intramolecular Hbond substituents is 1. The molecule has 2 rings (SSSR count). The maximum Gasteiger partial charge on any atom is 0.415 e. The van der Waals surface area contributed by atoms with Crippen molar-refractivity contribution in [3.63, 3.8) is 0 Å². The predicted octanol–water partition coefficient (Wildman–Crippen LogP) is 0.874. The zero-order valence-electron chi connectivity index (χ0n) is 7.98. The lowest BCUT2D eigenvalue weighted by atomic mass is 9.95. The van der Waals surface area contributed by atoms with Gasteiger partial charge in [0.15, 0.2) is 0 Å². The van der Waals surface area contributed by atoms with Gasteiger partial charge in [0.05, 0.1) is 0 Å². The van der Waals surface area contributed by atoms with Crippen molar-refractivity contribution in [3.05, 3.63) is 29.8 Å². The van der Waals surface area contributed by atoms with Crippen LogP contribution in [0.5, 0.6) is 5.75 Å². The summed E-state index contributed by atoms with van der Waals surface area (Å²) in [7, 11) is 0. The van der Waals surface area contributed by atoms with Crippen LogP contribution < -0.4 is 5.32 Å². The van der Waals surface area contributed by atoms with Crippen LogP contribution in [-0.4, -0.2) is 17.1 Å². The van der Waals surface area contributed by atoms with E-state index in [1.807, 2.05) is 0 Å². The van der Waals surface area contributed by atoms with Crippen LogP contribution in [0.2, 0.25) is 0 Å². The molecule has 0 bridgehead atoms. The fraction of sp³-hybridized carbons (Fsp3) is 0.200. The molecule has 0 saturated carbocycles. The van der Waals surface area contributed by atoms with Gasteiger partial charge in [-0.1, -0.05) is 12.1 Å². The van der Waals surface area contributed by atoms with Gasteiger partial charge in [0.2, 0.25) is 5.60 Å². The normalized spacial score (nSPS) is 24.9. The highest BCUT2D eigenvalue weighted by atomic mass is 16.6. The third kappa shape index (κ3) is 1.41. The van der Waals surface area contributed by atoms with Crippen LogP contribution in [0, 0.1) is 0 Å². The molecule has 0 aromatic heterocycles. The van der Waals surface area contributed by atoms with Crippen LogP contribution in [0.15, 0.2) is 24.3 Å². The van der Waals surface area contributed by atoms with Crippen LogP contribution >= 0.6 is 0 Å². The second-order valence-electron chi connectivity index (χ2n) is 3.42. The van der Waals surface area contributed by atoms with Crippen LogP contribution in [0.3, 0.4) is 0 Å². The quantitative estimate of drug-likeness (QED) is 0.716. The fourth-order valence-electron chi connectivity index (χ4n) is 1.44. The smallest absolute Gasteiger partial charge is 0.415 e. The van der Waals surface area contributed by atoms with Crippen LogP contribution in [0.1, 0.15) is 12.5 Å². The number of rotatable bonds is 1. The number of hydrogen-bond acceptors (Lipinski definition) is 4. The molecule has 78 valence electrons. The van der Waals surface area contributed by atoms with Gasteiger partial charge in [-0.2, -0.15) is 0 Å².